The normalized spacial score (nSPS) is 11.5. The second-order valence-electron chi connectivity index (χ2n) is 9.42. The van der Waals surface area contributed by atoms with Crippen molar-refractivity contribution in [1.82, 2.24) is 4.90 Å². The minimum Gasteiger partial charge on any atom is -0.481 e. The lowest BCUT2D eigenvalue weighted by atomic mass is 9.93. The van der Waals surface area contributed by atoms with E-state index in [2.05, 4.69) is 0 Å². The first-order chi connectivity index (χ1) is 18.9. The molecule has 1 aromatic heterocycles. The summed E-state index contributed by atoms with van der Waals surface area (Å²) < 4.78 is 5.40. The first-order valence-corrected chi connectivity index (χ1v) is 12.9. The summed E-state index contributed by atoms with van der Waals surface area (Å²) in [4.78, 5) is 42.0. The average Bonchev–Trinajstić information content (AvgIpc) is 3.51. The molecule has 0 bridgehead atoms. The number of hydrogen-bond acceptors (Lipinski definition) is 4. The molecule has 0 fully saturated rings. The number of aryl methyl sites for hydroxylation is 1. The first kappa shape index (κ1) is 27.4. The third-order valence-corrected chi connectivity index (χ3v) is 6.80. The maximum Gasteiger partial charge on any atom is 0.305 e. The van der Waals surface area contributed by atoms with E-state index in [1.165, 1.54) is 11.2 Å². The largest absolute Gasteiger partial charge is 0.481 e. The van der Waals surface area contributed by atoms with Crippen LogP contribution in [0.15, 0.2) is 102 Å². The van der Waals surface area contributed by atoms with Gasteiger partial charge < -0.3 is 14.4 Å². The maximum atomic E-state index is 14.0. The number of benzene rings is 3. The van der Waals surface area contributed by atoms with E-state index in [1.807, 2.05) is 61.5 Å². The molecule has 2 amide bonds. The zero-order valence-corrected chi connectivity index (χ0v) is 22.1. The lowest BCUT2D eigenvalue weighted by Crippen LogP contribution is -2.40. The van der Waals surface area contributed by atoms with Crippen LogP contribution in [0.4, 0.5) is 5.88 Å². The van der Waals surface area contributed by atoms with Crippen LogP contribution in [0.25, 0.3) is 11.1 Å². The average molecular weight is 525 g/mol. The number of carboxylic acids is 1. The molecule has 4 rings (SSSR count). The number of carbonyl (C=O) groups is 3. The van der Waals surface area contributed by atoms with E-state index >= 15 is 0 Å². The molecular weight excluding hydrogens is 492 g/mol. The number of carbonyl (C=O) groups excluding carboxylic acids is 2. The molecule has 1 unspecified atom stereocenters. The maximum absolute atomic E-state index is 14.0. The summed E-state index contributed by atoms with van der Waals surface area (Å²) in [5.74, 6) is -1.10. The number of carboxylic acid groups (broad SMARTS) is 1. The molecule has 0 aliphatic heterocycles. The van der Waals surface area contributed by atoms with Gasteiger partial charge in [0.1, 0.15) is 0 Å². The van der Waals surface area contributed by atoms with Gasteiger partial charge in [0.15, 0.2) is 0 Å². The van der Waals surface area contributed by atoms with E-state index in [9.17, 15) is 19.5 Å². The third-order valence-electron chi connectivity index (χ3n) is 6.80. The molecule has 0 spiro atoms. The van der Waals surface area contributed by atoms with Crippen LogP contribution in [-0.2, 0) is 11.2 Å². The highest BCUT2D eigenvalue weighted by molar-refractivity contribution is 6.11. The van der Waals surface area contributed by atoms with E-state index in [0.717, 1.165) is 12.0 Å². The topological polar surface area (TPSA) is 91.1 Å². The number of rotatable bonds is 11. The van der Waals surface area contributed by atoms with Gasteiger partial charge in [0.05, 0.1) is 12.7 Å². The van der Waals surface area contributed by atoms with Crippen molar-refractivity contribution in [2.24, 2.45) is 0 Å². The van der Waals surface area contributed by atoms with E-state index in [4.69, 9.17) is 4.42 Å². The Labute approximate surface area is 228 Å². The van der Waals surface area contributed by atoms with E-state index in [-0.39, 0.29) is 30.8 Å². The fourth-order valence-corrected chi connectivity index (χ4v) is 4.62. The van der Waals surface area contributed by atoms with Gasteiger partial charge in [0, 0.05) is 36.8 Å². The van der Waals surface area contributed by atoms with Gasteiger partial charge in [-0.05, 0) is 54.7 Å². The van der Waals surface area contributed by atoms with Gasteiger partial charge in [-0.15, -0.1) is 0 Å². The molecule has 0 aliphatic carbocycles. The number of hydrogen-bond donors (Lipinski definition) is 1. The summed E-state index contributed by atoms with van der Waals surface area (Å²) in [6.07, 6.45) is 2.79. The zero-order valence-electron chi connectivity index (χ0n) is 22.1. The SMILES string of the molecule is CC(CCc1ccccc1)N(CCC(=O)O)C(=O)c1ccccc1-c1ccccc1C(=O)N(C)c1ccco1. The zero-order chi connectivity index (χ0) is 27.8. The Balaban J connectivity index is 1.66. The van der Waals surface area contributed by atoms with E-state index < -0.39 is 5.97 Å². The van der Waals surface area contributed by atoms with Crippen molar-refractivity contribution in [3.8, 4) is 11.1 Å². The van der Waals surface area contributed by atoms with Gasteiger partial charge in [0.25, 0.3) is 11.8 Å². The highest BCUT2D eigenvalue weighted by Crippen LogP contribution is 2.30. The minimum atomic E-state index is -0.965. The van der Waals surface area contributed by atoms with Crippen molar-refractivity contribution in [2.75, 3.05) is 18.5 Å². The molecule has 0 radical (unpaired) electrons. The summed E-state index contributed by atoms with van der Waals surface area (Å²) in [6.45, 7) is 2.03. The van der Waals surface area contributed by atoms with Gasteiger partial charge in [-0.25, -0.2) is 0 Å². The molecule has 200 valence electrons. The Morgan fingerprint density at radius 3 is 1.97 bits per heavy atom. The number of nitrogens with zero attached hydrogens (tertiary/aromatic N) is 2. The summed E-state index contributed by atoms with van der Waals surface area (Å²) in [5.41, 5.74) is 3.21. The second kappa shape index (κ2) is 12.7. The fourth-order valence-electron chi connectivity index (χ4n) is 4.62. The predicted octanol–water partition coefficient (Wildman–Crippen LogP) is 6.16. The molecule has 0 saturated carbocycles. The molecule has 0 aliphatic rings. The molecule has 1 heterocycles. The Bertz CT molecular complexity index is 1420. The van der Waals surface area contributed by atoms with Crippen LogP contribution in [0.5, 0.6) is 0 Å². The second-order valence-corrected chi connectivity index (χ2v) is 9.42. The molecular formula is C32H32N2O5. The van der Waals surface area contributed by atoms with Crippen LogP contribution < -0.4 is 4.90 Å². The van der Waals surface area contributed by atoms with E-state index in [1.54, 1.807) is 48.3 Å². The van der Waals surface area contributed by atoms with Crippen molar-refractivity contribution >= 4 is 23.7 Å². The van der Waals surface area contributed by atoms with Crippen molar-refractivity contribution in [3.63, 3.8) is 0 Å². The third kappa shape index (κ3) is 6.62. The summed E-state index contributed by atoms with van der Waals surface area (Å²) >= 11 is 0. The first-order valence-electron chi connectivity index (χ1n) is 12.9. The summed E-state index contributed by atoms with van der Waals surface area (Å²) in [7, 11) is 1.64. The van der Waals surface area contributed by atoms with Gasteiger partial charge >= 0.3 is 5.97 Å². The Morgan fingerprint density at radius 1 is 0.795 bits per heavy atom. The Morgan fingerprint density at radius 2 is 1.38 bits per heavy atom. The minimum absolute atomic E-state index is 0.0836. The molecule has 4 aromatic rings. The van der Waals surface area contributed by atoms with E-state index in [0.29, 0.717) is 34.6 Å². The van der Waals surface area contributed by atoms with Crippen LogP contribution in [0.3, 0.4) is 0 Å². The molecule has 7 heteroatoms. The summed E-state index contributed by atoms with van der Waals surface area (Å²) in [6, 6.07) is 27.5. The lowest BCUT2D eigenvalue weighted by Gasteiger charge is -2.30. The van der Waals surface area contributed by atoms with Crippen molar-refractivity contribution in [3.05, 3.63) is 114 Å². The lowest BCUT2D eigenvalue weighted by molar-refractivity contribution is -0.137. The van der Waals surface area contributed by atoms with Gasteiger partial charge in [0.2, 0.25) is 5.88 Å². The number of furan rings is 1. The molecule has 0 saturated heterocycles. The number of anilines is 1. The predicted molar refractivity (Wildman–Crippen MR) is 151 cm³/mol. The van der Waals surface area contributed by atoms with Crippen LogP contribution in [0.2, 0.25) is 0 Å². The van der Waals surface area contributed by atoms with Crippen LogP contribution >= 0.6 is 0 Å². The molecule has 39 heavy (non-hydrogen) atoms. The number of amides is 2. The molecule has 1 atom stereocenters. The fraction of sp³-hybridized carbons (Fsp3) is 0.219. The smallest absolute Gasteiger partial charge is 0.305 e. The van der Waals surface area contributed by atoms with Gasteiger partial charge in [-0.1, -0.05) is 66.7 Å². The Hall–Kier alpha value is -4.65. The van der Waals surface area contributed by atoms with Crippen molar-refractivity contribution in [1.29, 1.82) is 0 Å². The van der Waals surface area contributed by atoms with Gasteiger partial charge in [-0.2, -0.15) is 0 Å². The van der Waals surface area contributed by atoms with Crippen LogP contribution in [0, 0.1) is 0 Å². The molecule has 1 N–H and O–H groups in total. The Kier molecular flexibility index (Phi) is 8.94. The summed E-state index contributed by atoms with van der Waals surface area (Å²) in [5, 5.41) is 9.38. The van der Waals surface area contributed by atoms with Crippen molar-refractivity contribution < 1.29 is 23.9 Å². The van der Waals surface area contributed by atoms with Crippen molar-refractivity contribution in [2.45, 2.75) is 32.2 Å². The monoisotopic (exact) mass is 524 g/mol. The van der Waals surface area contributed by atoms with Crippen LogP contribution in [-0.4, -0.2) is 47.4 Å². The molecule has 3 aromatic carbocycles. The van der Waals surface area contributed by atoms with Gasteiger partial charge in [-0.3, -0.25) is 19.3 Å². The number of aliphatic carboxylic acids is 1. The highest BCUT2D eigenvalue weighted by atomic mass is 16.4. The quantitative estimate of drug-likeness (QED) is 0.254. The van der Waals surface area contributed by atoms with Crippen LogP contribution in [0.1, 0.15) is 46.0 Å². The molecule has 7 nitrogen and oxygen atoms in total. The highest BCUT2D eigenvalue weighted by Gasteiger charge is 2.26. The standard InChI is InChI=1S/C32H32N2O5/c1-23(18-19-24-11-4-3-5-12-24)34(21-20-30(35)36)32(38)28-16-9-7-14-26(28)25-13-6-8-15-27(25)31(37)33(2)29-17-10-22-39-29/h3-17,22-23H,18-21H2,1-2H3,(H,35,36).